The van der Waals surface area contributed by atoms with E-state index >= 15 is 0 Å². The predicted molar refractivity (Wildman–Crippen MR) is 150 cm³/mol. The fourth-order valence-corrected chi connectivity index (χ4v) is 5.38. The van der Waals surface area contributed by atoms with Gasteiger partial charge in [-0.1, -0.05) is 46.0 Å². The van der Waals surface area contributed by atoms with Crippen LogP contribution in [0.3, 0.4) is 0 Å². The van der Waals surface area contributed by atoms with Crippen LogP contribution in [0.1, 0.15) is 31.0 Å². The smallest absolute Gasteiger partial charge is 0.337 e. The number of rotatable bonds is 10. The number of ether oxygens (including phenoxy) is 4. The molecule has 0 saturated carbocycles. The van der Waals surface area contributed by atoms with Crippen molar-refractivity contribution in [3.05, 3.63) is 96.1 Å². The molecule has 2 aromatic carbocycles. The van der Waals surface area contributed by atoms with Crippen molar-refractivity contribution in [1.82, 2.24) is 4.57 Å². The summed E-state index contributed by atoms with van der Waals surface area (Å²) in [6, 6.07) is 10.2. The monoisotopic (exact) mass is 598 g/mol. The van der Waals surface area contributed by atoms with Crippen LogP contribution in [0.25, 0.3) is 6.08 Å². The molecule has 198 valence electrons. The lowest BCUT2D eigenvalue weighted by molar-refractivity contribution is -0.136. The zero-order chi connectivity index (χ0) is 27.2. The van der Waals surface area contributed by atoms with E-state index in [0.717, 1.165) is 10.0 Å². The largest absolute Gasteiger partial charge is 0.490 e. The van der Waals surface area contributed by atoms with E-state index in [9.17, 15) is 9.59 Å². The zero-order valence-electron chi connectivity index (χ0n) is 21.2. The molecule has 4 rings (SSSR count). The van der Waals surface area contributed by atoms with Gasteiger partial charge in [-0.3, -0.25) is 9.36 Å². The highest BCUT2D eigenvalue weighted by molar-refractivity contribution is 9.10. The maximum absolute atomic E-state index is 13.8. The number of fused-ring (bicyclic) bond motifs is 1. The van der Waals surface area contributed by atoms with Crippen molar-refractivity contribution in [1.29, 1.82) is 0 Å². The van der Waals surface area contributed by atoms with Crippen LogP contribution in [-0.4, -0.2) is 37.5 Å². The van der Waals surface area contributed by atoms with E-state index in [2.05, 4.69) is 27.5 Å². The number of hydrogen-bond acceptors (Lipinski definition) is 8. The minimum absolute atomic E-state index is 0.232. The lowest BCUT2D eigenvalue weighted by Crippen LogP contribution is -2.39. The number of benzene rings is 2. The highest BCUT2D eigenvalue weighted by Gasteiger charge is 2.31. The van der Waals surface area contributed by atoms with Crippen molar-refractivity contribution in [2.24, 2.45) is 4.99 Å². The Hall–Kier alpha value is -3.63. The molecule has 10 heteroatoms. The van der Waals surface area contributed by atoms with Gasteiger partial charge in [0.25, 0.3) is 5.56 Å². The average Bonchev–Trinajstić information content (AvgIpc) is 3.23. The number of methoxy groups -OCH3 is 1. The zero-order valence-corrected chi connectivity index (χ0v) is 23.6. The van der Waals surface area contributed by atoms with Crippen LogP contribution >= 0.6 is 27.3 Å². The molecule has 0 spiro atoms. The van der Waals surface area contributed by atoms with Gasteiger partial charge < -0.3 is 18.9 Å². The molecule has 0 aliphatic carbocycles. The van der Waals surface area contributed by atoms with Crippen molar-refractivity contribution in [3.8, 4) is 17.2 Å². The summed E-state index contributed by atoms with van der Waals surface area (Å²) in [6.45, 7) is 8.68. The molecule has 8 nitrogen and oxygen atoms in total. The third-order valence-corrected chi connectivity index (χ3v) is 7.11. The van der Waals surface area contributed by atoms with E-state index in [4.69, 9.17) is 18.9 Å². The van der Waals surface area contributed by atoms with E-state index in [1.54, 1.807) is 24.3 Å². The Morgan fingerprint density at radius 2 is 1.84 bits per heavy atom. The van der Waals surface area contributed by atoms with Gasteiger partial charge in [0.1, 0.15) is 12.4 Å². The first-order valence-corrected chi connectivity index (χ1v) is 13.5. The number of nitrogens with zero attached hydrogens (tertiary/aromatic N) is 2. The molecule has 0 bridgehead atoms. The lowest BCUT2D eigenvalue weighted by atomic mass is 9.97. The van der Waals surface area contributed by atoms with Gasteiger partial charge in [0, 0.05) is 16.2 Å². The average molecular weight is 600 g/mol. The standard InChI is InChI=1S/C28H27BrN2O6S/c1-5-12-37-21-11-9-19(29)13-18(21)15-24-26(32)31-25(20(27(33)34-4)16-30-28(31)38-24)17-8-10-22(35-6-2)23(14-17)36-7-3/h5,8-11,13-16,25H,1,6-7,12H2,2-4H3/b24-15+/t25-/m1/s1. The van der Waals surface area contributed by atoms with Crippen LogP contribution < -0.4 is 29.1 Å². The van der Waals surface area contributed by atoms with Gasteiger partial charge >= 0.3 is 5.97 Å². The summed E-state index contributed by atoms with van der Waals surface area (Å²) in [6.07, 6.45) is 4.87. The Balaban J connectivity index is 1.91. The van der Waals surface area contributed by atoms with Gasteiger partial charge in [-0.05, 0) is 55.8 Å². The maximum Gasteiger partial charge on any atom is 0.337 e. The van der Waals surface area contributed by atoms with Crippen molar-refractivity contribution in [2.45, 2.75) is 19.9 Å². The SMILES string of the molecule is C=CCOc1ccc(Br)cc1/C=c1/sc2n(c1=O)[C@H](c1ccc(OCC)c(OCC)c1)C(C(=O)OC)=CN=2. The van der Waals surface area contributed by atoms with Crippen molar-refractivity contribution in [3.63, 3.8) is 0 Å². The molecule has 0 N–H and O–H groups in total. The highest BCUT2D eigenvalue weighted by Crippen LogP contribution is 2.35. The summed E-state index contributed by atoms with van der Waals surface area (Å²) in [5, 5.41) is 0. The first-order chi connectivity index (χ1) is 18.4. The maximum atomic E-state index is 13.8. The second-order valence-electron chi connectivity index (χ2n) is 8.03. The first-order valence-electron chi connectivity index (χ1n) is 11.9. The van der Waals surface area contributed by atoms with E-state index in [0.29, 0.717) is 52.0 Å². The minimum atomic E-state index is -0.769. The molecule has 0 saturated heterocycles. The molecule has 3 aromatic rings. The summed E-state index contributed by atoms with van der Waals surface area (Å²) in [4.78, 5) is 31.5. The van der Waals surface area contributed by atoms with Crippen LogP contribution in [0.2, 0.25) is 0 Å². The van der Waals surface area contributed by atoms with E-state index in [1.165, 1.54) is 29.2 Å². The quantitative estimate of drug-likeness (QED) is 0.257. The van der Waals surface area contributed by atoms with Crippen molar-refractivity contribution in [2.75, 3.05) is 26.9 Å². The van der Waals surface area contributed by atoms with Gasteiger partial charge in [-0.15, -0.1) is 0 Å². The van der Waals surface area contributed by atoms with Gasteiger partial charge in [0.2, 0.25) is 0 Å². The van der Waals surface area contributed by atoms with Gasteiger partial charge in [0.05, 0.1) is 36.5 Å². The third kappa shape index (κ3) is 5.61. The Labute approximate surface area is 232 Å². The molecular weight excluding hydrogens is 572 g/mol. The number of esters is 1. The predicted octanol–water partition coefficient (Wildman–Crippen LogP) is 4.14. The number of carbonyl (C=O) groups is 1. The molecule has 2 heterocycles. The Morgan fingerprint density at radius 3 is 2.55 bits per heavy atom. The van der Waals surface area contributed by atoms with Gasteiger partial charge in [0.15, 0.2) is 16.3 Å². The molecule has 1 aliphatic heterocycles. The van der Waals surface area contributed by atoms with E-state index in [1.807, 2.05) is 38.1 Å². The van der Waals surface area contributed by atoms with Crippen LogP contribution in [0, 0.1) is 0 Å². The fourth-order valence-electron chi connectivity index (χ4n) is 4.04. The van der Waals surface area contributed by atoms with Crippen LogP contribution in [0.5, 0.6) is 17.2 Å². The van der Waals surface area contributed by atoms with E-state index < -0.39 is 12.0 Å². The molecule has 0 amide bonds. The van der Waals surface area contributed by atoms with Gasteiger partial charge in [-0.25, -0.2) is 9.79 Å². The molecule has 0 fully saturated rings. The van der Waals surface area contributed by atoms with Crippen LogP contribution in [-0.2, 0) is 9.53 Å². The normalized spacial score (nSPS) is 14.7. The minimum Gasteiger partial charge on any atom is -0.490 e. The Kier molecular flexibility index (Phi) is 8.85. The van der Waals surface area contributed by atoms with Crippen LogP contribution in [0.15, 0.2) is 75.1 Å². The molecule has 38 heavy (non-hydrogen) atoms. The number of aromatic nitrogens is 1. The second kappa shape index (κ2) is 12.3. The first kappa shape index (κ1) is 27.4. The molecule has 1 atom stereocenters. The van der Waals surface area contributed by atoms with Crippen molar-refractivity contribution < 1.29 is 23.7 Å². The Morgan fingerprint density at radius 1 is 1.11 bits per heavy atom. The highest BCUT2D eigenvalue weighted by atomic mass is 79.9. The summed E-state index contributed by atoms with van der Waals surface area (Å²) in [5.74, 6) is 1.13. The fraction of sp³-hybridized carbons (Fsp3) is 0.250. The third-order valence-electron chi connectivity index (χ3n) is 5.62. The molecular formula is C28H27BrN2O6S. The molecule has 1 aromatic heterocycles. The lowest BCUT2D eigenvalue weighted by Gasteiger charge is -2.23. The molecule has 0 unspecified atom stereocenters. The summed E-state index contributed by atoms with van der Waals surface area (Å²) >= 11 is 4.71. The van der Waals surface area contributed by atoms with Gasteiger partial charge in [-0.2, -0.15) is 0 Å². The second-order valence-corrected chi connectivity index (χ2v) is 9.95. The molecule has 0 radical (unpaired) electrons. The van der Waals surface area contributed by atoms with Crippen molar-refractivity contribution >= 4 is 39.3 Å². The molecule has 1 aliphatic rings. The number of carbonyl (C=O) groups excluding carboxylic acids is 1. The van der Waals surface area contributed by atoms with Crippen LogP contribution in [0.4, 0.5) is 0 Å². The topological polar surface area (TPSA) is 88.3 Å². The number of hydrogen-bond donors (Lipinski definition) is 0. The summed E-state index contributed by atoms with van der Waals surface area (Å²) in [7, 11) is 1.30. The number of thiazole rings is 1. The van der Waals surface area contributed by atoms with E-state index in [-0.39, 0.29) is 11.1 Å². The number of halogens is 1. The summed E-state index contributed by atoms with van der Waals surface area (Å²) in [5.41, 5.74) is 1.31. The summed E-state index contributed by atoms with van der Waals surface area (Å²) < 4.78 is 25.1. The Bertz CT molecular complexity index is 1570.